The second-order valence-electron chi connectivity index (χ2n) is 6.35. The van der Waals surface area contributed by atoms with E-state index in [0.29, 0.717) is 18.5 Å². The van der Waals surface area contributed by atoms with Gasteiger partial charge < -0.3 is 10.1 Å². The molecule has 1 atom stereocenters. The molecule has 28 heavy (non-hydrogen) atoms. The van der Waals surface area contributed by atoms with Gasteiger partial charge in [-0.2, -0.15) is 5.10 Å². The van der Waals surface area contributed by atoms with E-state index in [1.165, 1.54) is 11.9 Å². The van der Waals surface area contributed by atoms with Crippen molar-refractivity contribution >= 4 is 23.5 Å². The van der Waals surface area contributed by atoms with Crippen molar-refractivity contribution in [3.63, 3.8) is 0 Å². The van der Waals surface area contributed by atoms with E-state index in [-0.39, 0.29) is 5.91 Å². The molecule has 0 unspecified atom stereocenters. The summed E-state index contributed by atoms with van der Waals surface area (Å²) >= 11 is 0. The average molecular weight is 379 g/mol. The molecular formula is C21H21N3O4. The van der Waals surface area contributed by atoms with Gasteiger partial charge >= 0.3 is 5.97 Å². The van der Waals surface area contributed by atoms with E-state index in [9.17, 15) is 14.4 Å². The normalized spacial score (nSPS) is 14.2. The van der Waals surface area contributed by atoms with Crippen molar-refractivity contribution in [2.75, 3.05) is 13.2 Å². The fourth-order valence-corrected chi connectivity index (χ4v) is 2.73. The van der Waals surface area contributed by atoms with Crippen LogP contribution in [0.15, 0.2) is 65.8 Å². The first kappa shape index (κ1) is 19.3. The second-order valence-corrected chi connectivity index (χ2v) is 6.35. The number of rotatable bonds is 6. The van der Waals surface area contributed by atoms with Crippen molar-refractivity contribution < 1.29 is 19.1 Å². The molecule has 144 valence electrons. The number of esters is 1. The molecule has 7 heteroatoms. The number of hydrogen-bond donors (Lipinski definition) is 1. The van der Waals surface area contributed by atoms with Crippen molar-refractivity contribution in [3.8, 4) is 0 Å². The van der Waals surface area contributed by atoms with Crippen LogP contribution < -0.4 is 5.32 Å². The third kappa shape index (κ3) is 4.82. The Balaban J connectivity index is 1.48. The Kier molecular flexibility index (Phi) is 6.16. The summed E-state index contributed by atoms with van der Waals surface area (Å²) in [7, 11) is 0. The van der Waals surface area contributed by atoms with Crippen LogP contribution in [0.3, 0.4) is 0 Å². The molecule has 0 bridgehead atoms. The smallest absolute Gasteiger partial charge is 0.328 e. The molecule has 0 spiro atoms. The number of nitrogens with zero attached hydrogens (tertiary/aromatic N) is 2. The third-order valence-electron chi connectivity index (χ3n) is 4.27. The van der Waals surface area contributed by atoms with Crippen LogP contribution >= 0.6 is 0 Å². The van der Waals surface area contributed by atoms with Gasteiger partial charge in [0, 0.05) is 12.0 Å². The SMILES string of the molecule is C[C@H](NC(=O)c1ccccc1)C(=O)OCC(=O)N1CCC(c2ccccc2)=N1. The number of benzene rings is 2. The highest BCUT2D eigenvalue weighted by Gasteiger charge is 2.24. The van der Waals surface area contributed by atoms with Crippen LogP contribution in [-0.2, 0) is 14.3 Å². The lowest BCUT2D eigenvalue weighted by atomic mass is 10.1. The Morgan fingerprint density at radius 3 is 2.39 bits per heavy atom. The first-order valence-electron chi connectivity index (χ1n) is 9.00. The molecule has 0 fully saturated rings. The lowest BCUT2D eigenvalue weighted by Crippen LogP contribution is -2.40. The summed E-state index contributed by atoms with van der Waals surface area (Å²) in [5.41, 5.74) is 2.23. The quantitative estimate of drug-likeness (QED) is 0.778. The summed E-state index contributed by atoms with van der Waals surface area (Å²) in [6, 6.07) is 17.3. The Hall–Kier alpha value is -3.48. The zero-order chi connectivity index (χ0) is 19.9. The molecule has 3 rings (SSSR count). The van der Waals surface area contributed by atoms with Crippen LogP contribution in [0.5, 0.6) is 0 Å². The summed E-state index contributed by atoms with van der Waals surface area (Å²) in [6.45, 7) is 1.53. The molecule has 0 aromatic heterocycles. The summed E-state index contributed by atoms with van der Waals surface area (Å²) in [4.78, 5) is 36.4. The molecule has 1 N–H and O–H groups in total. The molecule has 7 nitrogen and oxygen atoms in total. The van der Waals surface area contributed by atoms with Gasteiger partial charge in [0.25, 0.3) is 11.8 Å². The predicted molar refractivity (Wildman–Crippen MR) is 104 cm³/mol. The summed E-state index contributed by atoms with van der Waals surface area (Å²) < 4.78 is 5.04. The zero-order valence-electron chi connectivity index (χ0n) is 15.5. The van der Waals surface area contributed by atoms with E-state index >= 15 is 0 Å². The van der Waals surface area contributed by atoms with Crippen molar-refractivity contribution in [1.29, 1.82) is 0 Å². The minimum atomic E-state index is -0.873. The number of carbonyl (C=O) groups is 3. The molecule has 1 heterocycles. The third-order valence-corrected chi connectivity index (χ3v) is 4.27. The Morgan fingerprint density at radius 1 is 1.07 bits per heavy atom. The van der Waals surface area contributed by atoms with E-state index in [0.717, 1.165) is 11.3 Å². The van der Waals surface area contributed by atoms with Gasteiger partial charge in [0.05, 0.1) is 12.3 Å². The van der Waals surface area contributed by atoms with Crippen LogP contribution in [0, 0.1) is 0 Å². The Bertz CT molecular complexity index is 881. The topological polar surface area (TPSA) is 88.1 Å². The monoisotopic (exact) mass is 379 g/mol. The summed E-state index contributed by atoms with van der Waals surface area (Å²) in [5.74, 6) is -1.46. The van der Waals surface area contributed by atoms with Gasteiger partial charge in [-0.25, -0.2) is 9.80 Å². The highest BCUT2D eigenvalue weighted by molar-refractivity contribution is 6.02. The largest absolute Gasteiger partial charge is 0.454 e. The minimum Gasteiger partial charge on any atom is -0.454 e. The zero-order valence-corrected chi connectivity index (χ0v) is 15.5. The summed E-state index contributed by atoms with van der Waals surface area (Å²) in [5, 5.41) is 8.17. The van der Waals surface area contributed by atoms with Crippen molar-refractivity contribution in [3.05, 3.63) is 71.8 Å². The molecule has 2 aromatic rings. The number of nitrogens with one attached hydrogen (secondary N) is 1. The highest BCUT2D eigenvalue weighted by Crippen LogP contribution is 2.13. The van der Waals surface area contributed by atoms with Crippen molar-refractivity contribution in [2.24, 2.45) is 5.10 Å². The maximum atomic E-state index is 12.2. The molecule has 0 radical (unpaired) electrons. The van der Waals surface area contributed by atoms with Crippen LogP contribution in [0.4, 0.5) is 0 Å². The van der Waals surface area contributed by atoms with E-state index in [2.05, 4.69) is 10.4 Å². The van der Waals surface area contributed by atoms with Gasteiger partial charge in [-0.1, -0.05) is 48.5 Å². The molecule has 1 aliphatic heterocycles. The molecule has 2 aromatic carbocycles. The van der Waals surface area contributed by atoms with Gasteiger partial charge in [0.15, 0.2) is 6.61 Å². The minimum absolute atomic E-state index is 0.381. The number of amides is 2. The molecule has 0 aliphatic carbocycles. The van der Waals surface area contributed by atoms with Gasteiger partial charge in [-0.3, -0.25) is 9.59 Å². The van der Waals surface area contributed by atoms with Crippen molar-refractivity contribution in [1.82, 2.24) is 10.3 Å². The van der Waals surface area contributed by atoms with Gasteiger partial charge in [-0.05, 0) is 24.6 Å². The molecular weight excluding hydrogens is 358 g/mol. The van der Waals surface area contributed by atoms with Gasteiger partial charge in [0.1, 0.15) is 6.04 Å². The van der Waals surface area contributed by atoms with E-state index in [4.69, 9.17) is 4.74 Å². The fourth-order valence-electron chi connectivity index (χ4n) is 2.73. The van der Waals surface area contributed by atoms with Crippen LogP contribution in [0.1, 0.15) is 29.3 Å². The molecule has 0 saturated carbocycles. The fraction of sp³-hybridized carbons (Fsp3) is 0.238. The highest BCUT2D eigenvalue weighted by atomic mass is 16.5. The van der Waals surface area contributed by atoms with Crippen molar-refractivity contribution in [2.45, 2.75) is 19.4 Å². The lowest BCUT2D eigenvalue weighted by Gasteiger charge is -2.15. The lowest BCUT2D eigenvalue weighted by molar-refractivity contribution is -0.153. The number of hydrazone groups is 1. The Labute approximate surface area is 163 Å². The maximum absolute atomic E-state index is 12.2. The van der Waals surface area contributed by atoms with E-state index < -0.39 is 24.5 Å². The standard InChI is InChI=1S/C21H21N3O4/c1-15(22-20(26)17-10-6-3-7-11-17)21(27)28-14-19(25)24-13-12-18(23-24)16-8-4-2-5-9-16/h2-11,15H,12-14H2,1H3,(H,22,26)/t15-/m0/s1. The molecule has 0 saturated heterocycles. The number of ether oxygens (including phenoxy) is 1. The average Bonchev–Trinajstić information content (AvgIpc) is 3.23. The van der Waals surface area contributed by atoms with E-state index in [1.54, 1.807) is 30.3 Å². The van der Waals surface area contributed by atoms with Gasteiger partial charge in [0.2, 0.25) is 0 Å². The second kappa shape index (κ2) is 8.94. The first-order valence-corrected chi connectivity index (χ1v) is 9.00. The van der Waals surface area contributed by atoms with Gasteiger partial charge in [-0.15, -0.1) is 0 Å². The maximum Gasteiger partial charge on any atom is 0.328 e. The predicted octanol–water partition coefficient (Wildman–Crippen LogP) is 1.98. The first-order chi connectivity index (χ1) is 13.5. The molecule has 1 aliphatic rings. The van der Waals surface area contributed by atoms with Crippen LogP contribution in [-0.4, -0.2) is 47.7 Å². The van der Waals surface area contributed by atoms with E-state index in [1.807, 2.05) is 30.3 Å². The Morgan fingerprint density at radius 2 is 1.71 bits per heavy atom. The molecule has 2 amide bonds. The van der Waals surface area contributed by atoms with Crippen LogP contribution in [0.25, 0.3) is 0 Å². The number of hydrogen-bond acceptors (Lipinski definition) is 5. The number of carbonyl (C=O) groups excluding carboxylic acids is 3. The van der Waals surface area contributed by atoms with Crippen LogP contribution in [0.2, 0.25) is 0 Å². The summed E-state index contributed by atoms with van der Waals surface area (Å²) in [6.07, 6.45) is 0.646.